The largest absolute Gasteiger partial charge is 0.324 e. The average Bonchev–Trinajstić information content (AvgIpc) is 3.11. The van der Waals surface area contributed by atoms with E-state index in [1.807, 2.05) is 30.0 Å². The topological polar surface area (TPSA) is 17.8 Å². The van der Waals surface area contributed by atoms with Gasteiger partial charge in [0.25, 0.3) is 0 Å². The van der Waals surface area contributed by atoms with Gasteiger partial charge in [-0.1, -0.05) is 67.1 Å². The molecule has 0 aliphatic rings. The van der Waals surface area contributed by atoms with E-state index in [9.17, 15) is 0 Å². The van der Waals surface area contributed by atoms with Crippen molar-refractivity contribution in [1.29, 1.82) is 0 Å². The molecule has 28 heavy (non-hydrogen) atoms. The van der Waals surface area contributed by atoms with E-state index in [1.54, 1.807) is 0 Å². The van der Waals surface area contributed by atoms with Crippen LogP contribution in [0.25, 0.3) is 11.0 Å². The lowest BCUT2D eigenvalue weighted by molar-refractivity contribution is 0.525. The summed E-state index contributed by atoms with van der Waals surface area (Å²) in [6.07, 6.45) is 1.03. The van der Waals surface area contributed by atoms with Crippen LogP contribution in [-0.2, 0) is 0 Å². The van der Waals surface area contributed by atoms with Gasteiger partial charge in [0.2, 0.25) is 0 Å². The van der Waals surface area contributed by atoms with Crippen LogP contribution in [0, 0.1) is 0 Å². The van der Waals surface area contributed by atoms with Gasteiger partial charge in [-0.2, -0.15) is 0 Å². The molecule has 0 aliphatic heterocycles. The van der Waals surface area contributed by atoms with Gasteiger partial charge in [0, 0.05) is 16.0 Å². The lowest BCUT2D eigenvalue weighted by atomic mass is 10.1. The molecule has 3 aromatic carbocycles. The molecule has 0 saturated carbocycles. The summed E-state index contributed by atoms with van der Waals surface area (Å²) in [5.74, 6) is 1.08. The van der Waals surface area contributed by atoms with E-state index in [2.05, 4.69) is 79.1 Å². The van der Waals surface area contributed by atoms with Gasteiger partial charge in [-0.3, -0.25) is 0 Å². The minimum Gasteiger partial charge on any atom is -0.324 e. The Morgan fingerprint density at radius 2 is 1.64 bits per heavy atom. The number of thioether (sulfide) groups is 1. The van der Waals surface area contributed by atoms with Gasteiger partial charge >= 0.3 is 0 Å². The van der Waals surface area contributed by atoms with Crippen LogP contribution in [0.3, 0.4) is 0 Å². The zero-order valence-corrected chi connectivity index (χ0v) is 17.6. The van der Waals surface area contributed by atoms with E-state index in [0.717, 1.165) is 28.3 Å². The fourth-order valence-electron chi connectivity index (χ4n) is 3.45. The number of halogens is 1. The molecule has 2 unspecified atom stereocenters. The Labute approximate surface area is 175 Å². The highest BCUT2D eigenvalue weighted by Gasteiger charge is 2.25. The molecule has 2 atom stereocenters. The number of nitrogens with zero attached hydrogens (tertiary/aromatic N) is 2. The predicted molar refractivity (Wildman–Crippen MR) is 120 cm³/mol. The zero-order valence-electron chi connectivity index (χ0n) is 16.0. The van der Waals surface area contributed by atoms with Gasteiger partial charge in [-0.05, 0) is 49.2 Å². The third-order valence-corrected chi connectivity index (χ3v) is 6.54. The molecule has 0 amide bonds. The van der Waals surface area contributed by atoms with Crippen molar-refractivity contribution in [3.05, 3.63) is 95.3 Å². The van der Waals surface area contributed by atoms with Crippen LogP contribution in [0.5, 0.6) is 0 Å². The van der Waals surface area contributed by atoms with Crippen molar-refractivity contribution in [2.75, 3.05) is 0 Å². The molecular weight excluding hydrogens is 384 g/mol. The summed E-state index contributed by atoms with van der Waals surface area (Å²) in [6, 6.07) is 27.5. The third kappa shape index (κ3) is 3.82. The molecule has 0 aliphatic carbocycles. The van der Waals surface area contributed by atoms with Gasteiger partial charge in [-0.15, -0.1) is 11.8 Å². The van der Waals surface area contributed by atoms with E-state index in [4.69, 9.17) is 16.6 Å². The van der Waals surface area contributed by atoms with E-state index < -0.39 is 0 Å². The van der Waals surface area contributed by atoms with Gasteiger partial charge in [0.05, 0.1) is 16.3 Å². The third-order valence-electron chi connectivity index (χ3n) is 5.04. The normalized spacial score (nSPS) is 13.5. The van der Waals surface area contributed by atoms with E-state index in [1.165, 1.54) is 10.5 Å². The molecule has 4 heteroatoms. The Morgan fingerprint density at radius 1 is 0.964 bits per heavy atom. The quantitative estimate of drug-likeness (QED) is 0.308. The molecule has 0 saturated heterocycles. The second kappa shape index (κ2) is 8.42. The van der Waals surface area contributed by atoms with Crippen LogP contribution >= 0.6 is 23.4 Å². The van der Waals surface area contributed by atoms with Crippen molar-refractivity contribution in [2.24, 2.45) is 0 Å². The molecule has 142 valence electrons. The molecule has 1 heterocycles. The van der Waals surface area contributed by atoms with E-state index in [0.29, 0.717) is 6.04 Å². The fourth-order valence-corrected chi connectivity index (χ4v) is 4.77. The molecule has 0 radical (unpaired) electrons. The number of imidazole rings is 1. The molecule has 2 nitrogen and oxygen atoms in total. The van der Waals surface area contributed by atoms with Crippen molar-refractivity contribution in [2.45, 2.75) is 36.5 Å². The highest BCUT2D eigenvalue weighted by Crippen LogP contribution is 2.42. The maximum Gasteiger partial charge on any atom is 0.128 e. The van der Waals surface area contributed by atoms with Crippen molar-refractivity contribution in [3.8, 4) is 0 Å². The Morgan fingerprint density at radius 3 is 2.32 bits per heavy atom. The monoisotopic (exact) mass is 406 g/mol. The first-order chi connectivity index (χ1) is 13.7. The Hall–Kier alpha value is -2.23. The minimum atomic E-state index is 0.101. The fraction of sp³-hybridized carbons (Fsp3) is 0.208. The lowest BCUT2D eigenvalue weighted by Crippen LogP contribution is -2.12. The minimum absolute atomic E-state index is 0.101. The van der Waals surface area contributed by atoms with Crippen LogP contribution < -0.4 is 0 Å². The van der Waals surface area contributed by atoms with Crippen molar-refractivity contribution in [1.82, 2.24) is 9.55 Å². The first kappa shape index (κ1) is 19.1. The van der Waals surface area contributed by atoms with Crippen LogP contribution in [0.4, 0.5) is 0 Å². The number of fused-ring (bicyclic) bond motifs is 1. The Bertz CT molecular complexity index is 1060. The standard InChI is InChI=1S/C24H23ClN2S/c1-3-17(2)27-22-16-19(25)14-15-21(22)26-24(27)23(18-10-6-4-7-11-18)28-20-12-8-5-9-13-20/h4-17,23H,3H2,1-2H3. The van der Waals surface area contributed by atoms with Gasteiger partial charge in [0.1, 0.15) is 5.82 Å². The molecule has 0 N–H and O–H groups in total. The molecule has 4 aromatic rings. The summed E-state index contributed by atoms with van der Waals surface area (Å²) in [6.45, 7) is 4.47. The summed E-state index contributed by atoms with van der Waals surface area (Å²) < 4.78 is 2.37. The highest BCUT2D eigenvalue weighted by atomic mass is 35.5. The number of hydrogen-bond acceptors (Lipinski definition) is 2. The molecule has 1 aromatic heterocycles. The van der Waals surface area contributed by atoms with Gasteiger partial charge in [0.15, 0.2) is 0 Å². The molecule has 4 rings (SSSR count). The van der Waals surface area contributed by atoms with Gasteiger partial charge < -0.3 is 4.57 Å². The first-order valence-corrected chi connectivity index (χ1v) is 10.9. The molecule has 0 spiro atoms. The maximum absolute atomic E-state index is 6.33. The average molecular weight is 407 g/mol. The summed E-state index contributed by atoms with van der Waals surface area (Å²) in [7, 11) is 0. The predicted octanol–water partition coefficient (Wildman–Crippen LogP) is 7.54. The van der Waals surface area contributed by atoms with Crippen molar-refractivity contribution < 1.29 is 0 Å². The zero-order chi connectivity index (χ0) is 19.5. The van der Waals surface area contributed by atoms with Crippen LogP contribution in [0.2, 0.25) is 5.02 Å². The lowest BCUT2D eigenvalue weighted by Gasteiger charge is -2.22. The van der Waals surface area contributed by atoms with Crippen LogP contribution in [0.15, 0.2) is 83.8 Å². The molecule has 0 bridgehead atoms. The smallest absolute Gasteiger partial charge is 0.128 e. The summed E-state index contributed by atoms with van der Waals surface area (Å²) >= 11 is 8.17. The summed E-state index contributed by atoms with van der Waals surface area (Å²) in [5.41, 5.74) is 3.35. The van der Waals surface area contributed by atoms with Crippen molar-refractivity contribution in [3.63, 3.8) is 0 Å². The highest BCUT2D eigenvalue weighted by molar-refractivity contribution is 7.99. The maximum atomic E-state index is 6.33. The molecule has 0 fully saturated rings. The number of benzene rings is 3. The second-order valence-electron chi connectivity index (χ2n) is 6.95. The Kier molecular flexibility index (Phi) is 5.74. The SMILES string of the molecule is CCC(C)n1c(C(Sc2ccccc2)c2ccccc2)nc2ccc(Cl)cc21. The second-order valence-corrected chi connectivity index (χ2v) is 8.57. The van der Waals surface area contributed by atoms with E-state index >= 15 is 0 Å². The summed E-state index contributed by atoms with van der Waals surface area (Å²) in [4.78, 5) is 6.31. The van der Waals surface area contributed by atoms with E-state index in [-0.39, 0.29) is 5.25 Å². The number of hydrogen-bond donors (Lipinski definition) is 0. The summed E-state index contributed by atoms with van der Waals surface area (Å²) in [5, 5.41) is 0.847. The Balaban J connectivity index is 1.91. The number of aromatic nitrogens is 2. The molecular formula is C24H23ClN2S. The van der Waals surface area contributed by atoms with Crippen molar-refractivity contribution >= 4 is 34.4 Å². The van der Waals surface area contributed by atoms with Crippen LogP contribution in [-0.4, -0.2) is 9.55 Å². The number of rotatable bonds is 6. The van der Waals surface area contributed by atoms with Gasteiger partial charge in [-0.25, -0.2) is 4.98 Å². The van der Waals surface area contributed by atoms with Crippen LogP contribution in [0.1, 0.15) is 42.9 Å². The first-order valence-electron chi connectivity index (χ1n) is 9.61.